The van der Waals surface area contributed by atoms with Crippen LogP contribution in [0.15, 0.2) is 34.9 Å². The molecule has 1 heterocycles. The molecule has 98 valence electrons. The minimum absolute atomic E-state index is 0.0480. The molecule has 1 N–H and O–H groups in total. The molecule has 19 heavy (non-hydrogen) atoms. The minimum Gasteiger partial charge on any atom is -0.465 e. The third-order valence-electron chi connectivity index (χ3n) is 2.59. The van der Waals surface area contributed by atoms with E-state index in [1.807, 2.05) is 12.1 Å². The van der Waals surface area contributed by atoms with Crippen LogP contribution in [0.1, 0.15) is 5.56 Å². The molecular formula is C13H12N2O4. The Bertz CT molecular complexity index is 590. The van der Waals surface area contributed by atoms with Gasteiger partial charge in [-0.2, -0.15) is 5.10 Å². The smallest absolute Gasteiger partial charge is 0.359 e. The summed E-state index contributed by atoms with van der Waals surface area (Å²) in [5, 5.41) is 3.91. The number of methoxy groups -OCH3 is 2. The first-order chi connectivity index (χ1) is 9.17. The summed E-state index contributed by atoms with van der Waals surface area (Å²) in [5.41, 5.74) is 4.07. The molecule has 0 aromatic heterocycles. The summed E-state index contributed by atoms with van der Waals surface area (Å²) < 4.78 is 9.27. The molecule has 2 rings (SSSR count). The Kier molecular flexibility index (Phi) is 3.61. The van der Waals surface area contributed by atoms with Crippen LogP contribution in [-0.2, 0) is 19.1 Å². The quantitative estimate of drug-likeness (QED) is 0.808. The Balaban J connectivity index is 2.55. The van der Waals surface area contributed by atoms with Gasteiger partial charge in [-0.25, -0.2) is 9.59 Å². The van der Waals surface area contributed by atoms with Crippen LogP contribution in [0, 0.1) is 0 Å². The third-order valence-corrected chi connectivity index (χ3v) is 2.59. The maximum Gasteiger partial charge on any atom is 0.359 e. The van der Waals surface area contributed by atoms with Gasteiger partial charge in [-0.15, -0.1) is 0 Å². The van der Waals surface area contributed by atoms with Crippen molar-refractivity contribution in [2.75, 3.05) is 19.6 Å². The second-order valence-electron chi connectivity index (χ2n) is 3.70. The van der Waals surface area contributed by atoms with E-state index >= 15 is 0 Å². The zero-order valence-corrected chi connectivity index (χ0v) is 10.5. The number of ether oxygens (including phenoxy) is 2. The van der Waals surface area contributed by atoms with Crippen LogP contribution < -0.4 is 5.43 Å². The summed E-state index contributed by atoms with van der Waals surface area (Å²) in [6, 6.07) is 7.21. The largest absolute Gasteiger partial charge is 0.465 e. The van der Waals surface area contributed by atoms with Crippen molar-refractivity contribution < 1.29 is 19.1 Å². The Hall–Kier alpha value is -2.63. The number of fused-ring (bicyclic) bond motifs is 1. The maximum atomic E-state index is 11.8. The second-order valence-corrected chi connectivity index (χ2v) is 3.70. The lowest BCUT2D eigenvalue weighted by Gasteiger charge is -2.05. The molecule has 0 amide bonds. The number of carbonyl (C=O) groups is 2. The van der Waals surface area contributed by atoms with E-state index < -0.39 is 11.9 Å². The number of anilines is 1. The molecule has 6 heteroatoms. The molecule has 0 saturated heterocycles. The van der Waals surface area contributed by atoms with E-state index in [-0.39, 0.29) is 11.3 Å². The Labute approximate surface area is 109 Å². The van der Waals surface area contributed by atoms with E-state index in [0.717, 1.165) is 5.56 Å². The number of hydrogen-bond acceptors (Lipinski definition) is 6. The number of carbonyl (C=O) groups excluding carboxylic acids is 2. The van der Waals surface area contributed by atoms with Crippen molar-refractivity contribution >= 4 is 29.4 Å². The average molecular weight is 260 g/mol. The van der Waals surface area contributed by atoms with Crippen LogP contribution >= 0.6 is 0 Å². The number of rotatable bonds is 2. The maximum absolute atomic E-state index is 11.8. The SMILES string of the molecule is COC(=O)C1=Cc2ccccc2NN=C1C(=O)OC. The predicted molar refractivity (Wildman–Crippen MR) is 69.5 cm³/mol. The monoisotopic (exact) mass is 260 g/mol. The number of hydrazone groups is 1. The highest BCUT2D eigenvalue weighted by molar-refractivity contribution is 6.50. The average Bonchev–Trinajstić information content (AvgIpc) is 2.65. The Morgan fingerprint density at radius 2 is 1.79 bits per heavy atom. The van der Waals surface area contributed by atoms with Gasteiger partial charge in [0.15, 0.2) is 5.71 Å². The summed E-state index contributed by atoms with van der Waals surface area (Å²) >= 11 is 0. The van der Waals surface area contributed by atoms with Crippen LogP contribution in [0.25, 0.3) is 6.08 Å². The first kappa shape index (κ1) is 12.8. The molecule has 0 atom stereocenters. The van der Waals surface area contributed by atoms with Crippen molar-refractivity contribution in [2.24, 2.45) is 5.10 Å². The number of hydrogen-bond donors (Lipinski definition) is 1. The molecule has 1 aromatic rings. The molecule has 0 spiro atoms. The molecule has 0 bridgehead atoms. The second kappa shape index (κ2) is 5.34. The molecule has 0 saturated carbocycles. The topological polar surface area (TPSA) is 77.0 Å². The van der Waals surface area contributed by atoms with Gasteiger partial charge in [-0.1, -0.05) is 18.2 Å². The van der Waals surface area contributed by atoms with Crippen LogP contribution in [-0.4, -0.2) is 31.9 Å². The van der Waals surface area contributed by atoms with Crippen LogP contribution in [0.3, 0.4) is 0 Å². The summed E-state index contributed by atoms with van der Waals surface area (Å²) in [6.45, 7) is 0. The van der Waals surface area contributed by atoms with Crippen LogP contribution in [0.5, 0.6) is 0 Å². The third kappa shape index (κ3) is 2.47. The number of nitrogens with zero attached hydrogens (tertiary/aromatic N) is 1. The summed E-state index contributed by atoms with van der Waals surface area (Å²) in [6.07, 6.45) is 1.54. The zero-order chi connectivity index (χ0) is 13.8. The van der Waals surface area contributed by atoms with Crippen molar-refractivity contribution in [1.82, 2.24) is 0 Å². The number of para-hydroxylation sites is 1. The Morgan fingerprint density at radius 3 is 2.47 bits per heavy atom. The Morgan fingerprint density at radius 1 is 1.11 bits per heavy atom. The minimum atomic E-state index is -0.711. The van der Waals surface area contributed by atoms with Gasteiger partial charge in [0.25, 0.3) is 0 Å². The van der Waals surface area contributed by atoms with E-state index in [0.29, 0.717) is 5.69 Å². The molecule has 1 aliphatic heterocycles. The fourth-order valence-corrected chi connectivity index (χ4v) is 1.64. The van der Waals surface area contributed by atoms with Crippen molar-refractivity contribution in [2.45, 2.75) is 0 Å². The highest BCUT2D eigenvalue weighted by atomic mass is 16.5. The molecule has 6 nitrogen and oxygen atoms in total. The van der Waals surface area contributed by atoms with Crippen molar-refractivity contribution in [1.29, 1.82) is 0 Å². The van der Waals surface area contributed by atoms with Crippen molar-refractivity contribution in [3.63, 3.8) is 0 Å². The summed E-state index contributed by atoms with van der Waals surface area (Å²) in [7, 11) is 2.46. The fraction of sp³-hybridized carbons (Fsp3) is 0.154. The van der Waals surface area contributed by atoms with Gasteiger partial charge in [0.1, 0.15) is 0 Å². The standard InChI is InChI=1S/C13H12N2O4/c1-18-12(16)9-7-8-5-3-4-6-10(8)14-15-11(9)13(17)19-2/h3-7,14H,1-2H3. The van der Waals surface area contributed by atoms with E-state index in [1.54, 1.807) is 12.1 Å². The molecular weight excluding hydrogens is 248 g/mol. The lowest BCUT2D eigenvalue weighted by atomic mass is 10.1. The van der Waals surface area contributed by atoms with Gasteiger partial charge < -0.3 is 9.47 Å². The molecule has 0 aliphatic carbocycles. The van der Waals surface area contributed by atoms with Crippen LogP contribution in [0.4, 0.5) is 5.69 Å². The van der Waals surface area contributed by atoms with Crippen molar-refractivity contribution in [3.05, 3.63) is 35.4 Å². The normalized spacial score (nSPS) is 13.2. The van der Waals surface area contributed by atoms with E-state index in [4.69, 9.17) is 0 Å². The van der Waals surface area contributed by atoms with Gasteiger partial charge in [0.05, 0.1) is 25.5 Å². The lowest BCUT2D eigenvalue weighted by Crippen LogP contribution is -2.24. The number of esters is 2. The first-order valence-corrected chi connectivity index (χ1v) is 5.48. The van der Waals surface area contributed by atoms with Gasteiger partial charge in [-0.3, -0.25) is 5.43 Å². The highest BCUT2D eigenvalue weighted by Gasteiger charge is 2.26. The predicted octanol–water partition coefficient (Wildman–Crippen LogP) is 1.20. The molecule has 1 aliphatic rings. The fourth-order valence-electron chi connectivity index (χ4n) is 1.64. The van der Waals surface area contributed by atoms with Crippen molar-refractivity contribution in [3.8, 4) is 0 Å². The van der Waals surface area contributed by atoms with Gasteiger partial charge in [0.2, 0.25) is 0 Å². The summed E-state index contributed by atoms with van der Waals surface area (Å²) in [4.78, 5) is 23.4. The van der Waals surface area contributed by atoms with E-state index in [1.165, 1.54) is 20.3 Å². The molecule has 1 aromatic carbocycles. The zero-order valence-electron chi connectivity index (χ0n) is 10.5. The molecule has 0 unspecified atom stereocenters. The first-order valence-electron chi connectivity index (χ1n) is 5.48. The summed E-state index contributed by atoms with van der Waals surface area (Å²) in [5.74, 6) is -1.36. The van der Waals surface area contributed by atoms with Gasteiger partial charge in [-0.05, 0) is 12.1 Å². The van der Waals surface area contributed by atoms with Crippen LogP contribution in [0.2, 0.25) is 0 Å². The van der Waals surface area contributed by atoms with Gasteiger partial charge in [0, 0.05) is 5.56 Å². The van der Waals surface area contributed by atoms with E-state index in [9.17, 15) is 9.59 Å². The van der Waals surface area contributed by atoms with E-state index in [2.05, 4.69) is 20.0 Å². The number of benzene rings is 1. The lowest BCUT2D eigenvalue weighted by molar-refractivity contribution is -0.137. The molecule has 0 fully saturated rings. The number of nitrogens with one attached hydrogen (secondary N) is 1. The molecule has 0 radical (unpaired) electrons. The highest BCUT2D eigenvalue weighted by Crippen LogP contribution is 2.22. The van der Waals surface area contributed by atoms with Gasteiger partial charge >= 0.3 is 11.9 Å².